The fraction of sp³-hybridized carbons (Fsp3) is 0.200. The van der Waals surface area contributed by atoms with Crippen molar-refractivity contribution in [3.63, 3.8) is 0 Å². The van der Waals surface area contributed by atoms with Crippen LogP contribution in [-0.2, 0) is 0 Å². The van der Waals surface area contributed by atoms with E-state index in [1.165, 1.54) is 0 Å². The van der Waals surface area contributed by atoms with E-state index in [4.69, 9.17) is 6.58 Å². The average Bonchev–Trinajstić information content (AvgIpc) is 1.87. The molecule has 0 atom stereocenters. The van der Waals surface area contributed by atoms with Gasteiger partial charge >= 0.3 is 0 Å². The maximum absolute atomic E-state index is 5.39. The lowest BCUT2D eigenvalue weighted by molar-refractivity contribution is 1.51. The van der Waals surface area contributed by atoms with Gasteiger partial charge in [-0.25, -0.2) is 0 Å². The Morgan fingerprint density at radius 3 is 2.40 bits per heavy atom. The molecule has 0 aromatic carbocycles. The van der Waals surface area contributed by atoms with Crippen LogP contribution in [-0.4, -0.2) is 0 Å². The van der Waals surface area contributed by atoms with Crippen molar-refractivity contribution >= 4 is 0 Å². The van der Waals surface area contributed by atoms with E-state index in [1.54, 1.807) is 6.08 Å². The molecule has 0 aromatic rings. The summed E-state index contributed by atoms with van der Waals surface area (Å²) in [7, 11) is 0. The SMILES string of the molecule is [CH]=C(C)C=CC=C(C)C=C. The maximum Gasteiger partial charge on any atom is -0.0398 e. The monoisotopic (exact) mass is 133 g/mol. The second-order valence-corrected chi connectivity index (χ2v) is 2.22. The predicted octanol–water partition coefficient (Wildman–Crippen LogP) is 3.05. The zero-order valence-corrected chi connectivity index (χ0v) is 6.59. The van der Waals surface area contributed by atoms with Gasteiger partial charge in [0.05, 0.1) is 0 Å². The first-order valence-electron chi connectivity index (χ1n) is 3.23. The first kappa shape index (κ1) is 8.96. The molecule has 0 fully saturated rings. The third kappa shape index (κ3) is 5.10. The summed E-state index contributed by atoms with van der Waals surface area (Å²) in [6.45, 7) is 12.9. The molecule has 53 valence electrons. The Bertz CT molecular complexity index is 180. The van der Waals surface area contributed by atoms with Crippen LogP contribution in [0.3, 0.4) is 0 Å². The maximum atomic E-state index is 5.39. The Balaban J connectivity index is 3.93. The van der Waals surface area contributed by atoms with Gasteiger partial charge in [-0.3, -0.25) is 0 Å². The first-order valence-corrected chi connectivity index (χ1v) is 3.23. The van der Waals surface area contributed by atoms with E-state index in [0.29, 0.717) is 0 Å². The largest absolute Gasteiger partial charge is 0.0988 e. The molecular weight excluding hydrogens is 120 g/mol. The van der Waals surface area contributed by atoms with Gasteiger partial charge in [0.1, 0.15) is 0 Å². The van der Waals surface area contributed by atoms with Crippen molar-refractivity contribution in [2.45, 2.75) is 13.8 Å². The minimum absolute atomic E-state index is 0.813. The molecule has 0 spiro atoms. The zero-order valence-electron chi connectivity index (χ0n) is 6.59. The molecule has 0 heteroatoms. The third-order valence-electron chi connectivity index (χ3n) is 1.04. The molecule has 0 rings (SSSR count). The van der Waals surface area contributed by atoms with Crippen molar-refractivity contribution in [1.29, 1.82) is 0 Å². The van der Waals surface area contributed by atoms with Crippen LogP contribution >= 0.6 is 0 Å². The lowest BCUT2D eigenvalue weighted by Gasteiger charge is -1.84. The minimum Gasteiger partial charge on any atom is -0.0988 e. The molecule has 10 heavy (non-hydrogen) atoms. The summed E-state index contributed by atoms with van der Waals surface area (Å²) in [5.74, 6) is 0. The normalized spacial score (nSPS) is 12.0. The zero-order chi connectivity index (χ0) is 7.98. The Morgan fingerprint density at radius 2 is 2.00 bits per heavy atom. The Kier molecular flexibility index (Phi) is 4.30. The van der Waals surface area contributed by atoms with Crippen molar-refractivity contribution in [2.75, 3.05) is 0 Å². The van der Waals surface area contributed by atoms with E-state index < -0.39 is 0 Å². The van der Waals surface area contributed by atoms with Crippen LogP contribution < -0.4 is 0 Å². The summed E-state index contributed by atoms with van der Waals surface area (Å²) >= 11 is 0. The standard InChI is InChI=1S/C10H13/c1-5-10(4)8-6-7-9(2)3/h2,5-8H,1H2,3-4H3. The van der Waals surface area contributed by atoms with Gasteiger partial charge in [0.2, 0.25) is 0 Å². The number of rotatable bonds is 3. The second kappa shape index (κ2) is 4.80. The third-order valence-corrected chi connectivity index (χ3v) is 1.04. The van der Waals surface area contributed by atoms with Gasteiger partial charge < -0.3 is 0 Å². The second-order valence-electron chi connectivity index (χ2n) is 2.22. The van der Waals surface area contributed by atoms with Crippen LogP contribution in [0.15, 0.2) is 42.0 Å². The van der Waals surface area contributed by atoms with Crippen molar-refractivity contribution < 1.29 is 0 Å². The van der Waals surface area contributed by atoms with Gasteiger partial charge in [-0.2, -0.15) is 0 Å². The summed E-state index contributed by atoms with van der Waals surface area (Å²) in [5.41, 5.74) is 1.95. The molecule has 0 aliphatic heterocycles. The summed E-state index contributed by atoms with van der Waals surface area (Å²) < 4.78 is 0. The molecule has 0 unspecified atom stereocenters. The predicted molar refractivity (Wildman–Crippen MR) is 46.6 cm³/mol. The molecule has 0 bridgehead atoms. The Labute approximate surface area is 63.3 Å². The quantitative estimate of drug-likeness (QED) is 0.519. The van der Waals surface area contributed by atoms with E-state index in [1.807, 2.05) is 32.1 Å². The average molecular weight is 133 g/mol. The van der Waals surface area contributed by atoms with Gasteiger partial charge in [0, 0.05) is 0 Å². The van der Waals surface area contributed by atoms with Crippen LogP contribution in [0, 0.1) is 6.58 Å². The molecule has 1 radical (unpaired) electrons. The smallest absolute Gasteiger partial charge is 0.0398 e. The molecular formula is C10H13. The molecule has 0 heterocycles. The molecule has 0 aliphatic rings. The molecule has 0 nitrogen and oxygen atoms in total. The van der Waals surface area contributed by atoms with Crippen LogP contribution in [0.4, 0.5) is 0 Å². The lowest BCUT2D eigenvalue weighted by atomic mass is 10.2. The van der Waals surface area contributed by atoms with E-state index in [0.717, 1.165) is 11.1 Å². The van der Waals surface area contributed by atoms with E-state index in [-0.39, 0.29) is 0 Å². The molecule has 0 aromatic heterocycles. The summed E-state index contributed by atoms with van der Waals surface area (Å²) in [4.78, 5) is 0. The highest BCUT2D eigenvalue weighted by Gasteiger charge is 1.74. The van der Waals surface area contributed by atoms with Gasteiger partial charge in [0.15, 0.2) is 0 Å². The molecule has 0 saturated heterocycles. The topological polar surface area (TPSA) is 0 Å². The summed E-state index contributed by atoms with van der Waals surface area (Å²) in [5, 5.41) is 0. The minimum atomic E-state index is 0.813. The first-order chi connectivity index (χ1) is 4.66. The summed E-state index contributed by atoms with van der Waals surface area (Å²) in [6.07, 6.45) is 7.53. The highest BCUT2D eigenvalue weighted by molar-refractivity contribution is 5.23. The molecule has 0 aliphatic carbocycles. The summed E-state index contributed by atoms with van der Waals surface area (Å²) in [6, 6.07) is 0. The van der Waals surface area contributed by atoms with E-state index in [2.05, 4.69) is 6.58 Å². The van der Waals surface area contributed by atoms with Gasteiger partial charge in [-0.1, -0.05) is 48.6 Å². The van der Waals surface area contributed by atoms with E-state index in [9.17, 15) is 0 Å². The van der Waals surface area contributed by atoms with Crippen LogP contribution in [0.5, 0.6) is 0 Å². The molecule has 0 saturated carbocycles. The van der Waals surface area contributed by atoms with Crippen LogP contribution in [0.2, 0.25) is 0 Å². The van der Waals surface area contributed by atoms with E-state index >= 15 is 0 Å². The van der Waals surface area contributed by atoms with Crippen LogP contribution in [0.25, 0.3) is 0 Å². The fourth-order valence-electron chi connectivity index (χ4n) is 0.420. The van der Waals surface area contributed by atoms with Crippen LogP contribution in [0.1, 0.15) is 13.8 Å². The Hall–Kier alpha value is -1.04. The number of hydrogen-bond donors (Lipinski definition) is 0. The number of hydrogen-bond acceptors (Lipinski definition) is 0. The van der Waals surface area contributed by atoms with Gasteiger partial charge in [-0.05, 0) is 13.8 Å². The van der Waals surface area contributed by atoms with Gasteiger partial charge in [-0.15, -0.1) is 0 Å². The lowest BCUT2D eigenvalue weighted by Crippen LogP contribution is -1.63. The van der Waals surface area contributed by atoms with Crippen molar-refractivity contribution in [3.8, 4) is 0 Å². The van der Waals surface area contributed by atoms with Crippen molar-refractivity contribution in [2.24, 2.45) is 0 Å². The van der Waals surface area contributed by atoms with Crippen molar-refractivity contribution in [3.05, 3.63) is 48.6 Å². The molecule has 0 N–H and O–H groups in total. The highest BCUT2D eigenvalue weighted by atomic mass is 13.8. The molecule has 0 amide bonds. The van der Waals surface area contributed by atoms with Gasteiger partial charge in [0.25, 0.3) is 0 Å². The number of allylic oxidation sites excluding steroid dienone is 6. The Morgan fingerprint density at radius 1 is 1.40 bits per heavy atom. The fourth-order valence-corrected chi connectivity index (χ4v) is 0.420. The highest BCUT2D eigenvalue weighted by Crippen LogP contribution is 1.95. The van der Waals surface area contributed by atoms with Crippen molar-refractivity contribution in [1.82, 2.24) is 0 Å².